The van der Waals surface area contributed by atoms with Crippen LogP contribution in [0.4, 0.5) is 5.69 Å². The molecule has 0 fully saturated rings. The van der Waals surface area contributed by atoms with E-state index in [1.54, 1.807) is 0 Å². The van der Waals surface area contributed by atoms with Crippen LogP contribution in [0, 0.1) is 0 Å². The van der Waals surface area contributed by atoms with Gasteiger partial charge in [0.25, 0.3) is 0 Å². The van der Waals surface area contributed by atoms with E-state index in [0.717, 1.165) is 0 Å². The summed E-state index contributed by atoms with van der Waals surface area (Å²) in [6.45, 7) is 0. The summed E-state index contributed by atoms with van der Waals surface area (Å²) in [5.74, 6) is -3.54. The number of carbonyl (C=O) groups is 2. The van der Waals surface area contributed by atoms with Crippen molar-refractivity contribution in [1.82, 2.24) is 0 Å². The quantitative estimate of drug-likeness (QED) is 0.457. The number of carboxylic acids is 2. The molecule has 2 atom stereocenters. The van der Waals surface area contributed by atoms with E-state index in [0.29, 0.717) is 0 Å². The molecule has 0 heterocycles. The van der Waals surface area contributed by atoms with Gasteiger partial charge in [-0.15, -0.1) is 0 Å². The Morgan fingerprint density at radius 2 is 1.17 bits per heavy atom. The fraction of sp³-hybridized carbons (Fsp3) is 0.250. The number of nitrogens with zero attached hydrogens (tertiary/aromatic N) is 1. The van der Waals surface area contributed by atoms with Crippen molar-refractivity contribution in [3.63, 3.8) is 0 Å². The van der Waals surface area contributed by atoms with Gasteiger partial charge in [0.15, 0.2) is 12.2 Å². The van der Waals surface area contributed by atoms with E-state index in [4.69, 9.17) is 20.4 Å². The second-order valence-corrected chi connectivity index (χ2v) is 4.57. The molecule has 7 nitrogen and oxygen atoms in total. The zero-order valence-corrected chi connectivity index (χ0v) is 14.4. The first-order valence-corrected chi connectivity index (χ1v) is 6.64. The van der Waals surface area contributed by atoms with E-state index in [1.165, 1.54) is 5.69 Å². The number of aliphatic hydroxyl groups excluding tert-OH is 2. The molecule has 0 amide bonds. The zero-order valence-electron chi connectivity index (χ0n) is 13.3. The summed E-state index contributed by atoms with van der Waals surface area (Å²) in [5, 5.41) is 32.5. The average molecular weight is 379 g/mol. The van der Waals surface area contributed by atoms with E-state index in [1.807, 2.05) is 56.6 Å². The molecular formula is C16H21FeNO6-6. The van der Waals surface area contributed by atoms with Crippen LogP contribution >= 0.6 is 0 Å². The smallest absolute Gasteiger partial charge is 0.335 e. The number of rotatable bonds is 4. The molecule has 0 saturated carbocycles. The Labute approximate surface area is 151 Å². The van der Waals surface area contributed by atoms with Crippen LogP contribution in [-0.2, 0) is 26.7 Å². The van der Waals surface area contributed by atoms with Gasteiger partial charge in [0.2, 0.25) is 0 Å². The summed E-state index contributed by atoms with van der Waals surface area (Å²) < 4.78 is 0. The van der Waals surface area contributed by atoms with Crippen molar-refractivity contribution in [2.24, 2.45) is 0 Å². The van der Waals surface area contributed by atoms with Crippen molar-refractivity contribution in [2.45, 2.75) is 12.2 Å². The Balaban J connectivity index is 0. The minimum Gasteiger partial charge on any atom is -0.748 e. The summed E-state index contributed by atoms with van der Waals surface area (Å²) in [5.41, 5.74) is 1.27. The van der Waals surface area contributed by atoms with Crippen molar-refractivity contribution in [3.05, 3.63) is 54.6 Å². The maximum atomic E-state index is 9.77. The molecule has 0 aliphatic carbocycles. The topological polar surface area (TPSA) is 118 Å². The van der Waals surface area contributed by atoms with Crippen molar-refractivity contribution >= 4 is 17.6 Å². The zero-order chi connectivity index (χ0) is 17.8. The minimum absolute atomic E-state index is 0. The molecule has 2 aromatic carbocycles. The second-order valence-electron chi connectivity index (χ2n) is 4.57. The first-order valence-electron chi connectivity index (χ1n) is 6.64. The fourth-order valence-corrected chi connectivity index (χ4v) is 1.25. The van der Waals surface area contributed by atoms with Gasteiger partial charge in [-0.2, -0.15) is 12.1 Å². The predicted octanol–water partition coefficient (Wildman–Crippen LogP) is 0.752. The molecule has 0 aromatic heterocycles. The van der Waals surface area contributed by atoms with Crippen molar-refractivity contribution < 1.29 is 47.1 Å². The van der Waals surface area contributed by atoms with E-state index >= 15 is 0 Å². The van der Waals surface area contributed by atoms with Gasteiger partial charge in [-0.05, 0) is 14.1 Å². The van der Waals surface area contributed by atoms with Crippen molar-refractivity contribution in [1.29, 1.82) is 0 Å². The van der Waals surface area contributed by atoms with E-state index < -0.39 is 24.1 Å². The molecule has 4 N–H and O–H groups in total. The molecular weight excluding hydrogens is 358 g/mol. The van der Waals surface area contributed by atoms with E-state index in [2.05, 4.69) is 17.0 Å². The average Bonchev–Trinajstić information content (AvgIpc) is 3.20. The maximum Gasteiger partial charge on any atom is 0.335 e. The normalized spacial score (nSPS) is 11.3. The maximum absolute atomic E-state index is 9.77. The first-order chi connectivity index (χ1) is 10.8. The third-order valence-electron chi connectivity index (χ3n) is 2.52. The van der Waals surface area contributed by atoms with Gasteiger partial charge < -0.3 is 55.7 Å². The standard InChI is InChI=1S/C7H10N.C5H5.C4H6O6.Fe/c1-8(2)7-5-3-4-6-7;1-2-4-5-3-1;5-1(3(7)8)2(6)4(9)10;/h3-6H,1-2H3;1-5H;1-2,5-6H,(H,7,8)(H,9,10);/q-1;-5;;. The van der Waals surface area contributed by atoms with Gasteiger partial charge in [0.05, 0.1) is 0 Å². The summed E-state index contributed by atoms with van der Waals surface area (Å²) in [6.07, 6.45) is -4.53. The Bertz CT molecular complexity index is 504. The van der Waals surface area contributed by atoms with Crippen LogP contribution in [-0.4, -0.2) is 58.7 Å². The van der Waals surface area contributed by atoms with Crippen molar-refractivity contribution in [3.8, 4) is 0 Å². The van der Waals surface area contributed by atoms with Crippen LogP contribution in [0.1, 0.15) is 0 Å². The number of aliphatic hydroxyl groups is 2. The summed E-state index contributed by atoms with van der Waals surface area (Å²) in [4.78, 5) is 21.6. The summed E-state index contributed by atoms with van der Waals surface area (Å²) in [6, 6.07) is 18.2. The second kappa shape index (κ2) is 13.3. The number of anilines is 1. The molecule has 0 radical (unpaired) electrons. The Morgan fingerprint density at radius 3 is 1.33 bits per heavy atom. The fourth-order valence-electron chi connectivity index (χ4n) is 1.25. The van der Waals surface area contributed by atoms with E-state index in [-0.39, 0.29) is 17.1 Å². The Morgan fingerprint density at radius 1 is 0.875 bits per heavy atom. The van der Waals surface area contributed by atoms with Gasteiger partial charge in [-0.3, -0.25) is 0 Å². The van der Waals surface area contributed by atoms with Crippen LogP contribution < -0.4 is 4.90 Å². The number of aliphatic carboxylic acids is 2. The minimum atomic E-state index is -2.27. The molecule has 0 aliphatic rings. The molecule has 2 aromatic rings. The molecule has 2 rings (SSSR count). The molecule has 0 bridgehead atoms. The molecule has 0 aliphatic heterocycles. The number of carboxylic acid groups (broad SMARTS) is 2. The van der Waals surface area contributed by atoms with Gasteiger partial charge in [-0.1, -0.05) is 5.69 Å². The third-order valence-corrected chi connectivity index (χ3v) is 2.52. The summed E-state index contributed by atoms with van der Waals surface area (Å²) in [7, 11) is 4.07. The first kappa shape index (κ1) is 24.1. The largest absolute Gasteiger partial charge is 0.748 e. The van der Waals surface area contributed by atoms with Crippen LogP contribution in [0.15, 0.2) is 54.6 Å². The number of hydrogen-bond acceptors (Lipinski definition) is 5. The Kier molecular flexibility index (Phi) is 13.4. The predicted molar refractivity (Wildman–Crippen MR) is 85.7 cm³/mol. The molecule has 24 heavy (non-hydrogen) atoms. The van der Waals surface area contributed by atoms with Crippen molar-refractivity contribution in [2.75, 3.05) is 19.0 Å². The van der Waals surface area contributed by atoms with Gasteiger partial charge in [0, 0.05) is 17.1 Å². The van der Waals surface area contributed by atoms with Crippen LogP contribution in [0.3, 0.4) is 0 Å². The molecule has 0 spiro atoms. The van der Waals surface area contributed by atoms with Gasteiger partial charge in [0.1, 0.15) is 0 Å². The summed E-state index contributed by atoms with van der Waals surface area (Å²) >= 11 is 0. The van der Waals surface area contributed by atoms with Crippen LogP contribution in [0.2, 0.25) is 0 Å². The SMILES string of the molecule is CN(C)[c-]1cccc1.O=C(O)C(O)C(O)C(=O)O.[Fe].[cH-]1[cH-][cH-][cH-][cH-]1. The van der Waals surface area contributed by atoms with E-state index in [9.17, 15) is 9.59 Å². The van der Waals surface area contributed by atoms with Crippen LogP contribution in [0.5, 0.6) is 0 Å². The molecule has 0 saturated heterocycles. The molecule has 2 unspecified atom stereocenters. The van der Waals surface area contributed by atoms with Gasteiger partial charge >= 0.3 is 11.9 Å². The van der Waals surface area contributed by atoms with Gasteiger partial charge in [-0.25, -0.2) is 21.7 Å². The number of hydrogen-bond donors (Lipinski definition) is 4. The Hall–Kier alpha value is -2.12. The molecule has 140 valence electrons. The molecule has 8 heteroatoms. The van der Waals surface area contributed by atoms with Crippen LogP contribution in [0.25, 0.3) is 0 Å². The third kappa shape index (κ3) is 10.6. The monoisotopic (exact) mass is 379 g/mol.